The van der Waals surface area contributed by atoms with Gasteiger partial charge in [0.05, 0.1) is 0 Å². The first-order valence-electron chi connectivity index (χ1n) is 0.204. The van der Waals surface area contributed by atoms with Crippen molar-refractivity contribution in [3.8, 4) is 0 Å². The Morgan fingerprint density at radius 2 is 1.25 bits per heavy atom. The average Bonchev–Trinajstić information content (AvgIpc) is 1.00. The van der Waals surface area contributed by atoms with Gasteiger partial charge in [0.2, 0.25) is 0 Å². The molecule has 0 aliphatic rings. The van der Waals surface area contributed by atoms with Crippen LogP contribution in [0.1, 0.15) is 0 Å². The van der Waals surface area contributed by atoms with Crippen molar-refractivity contribution in [1.82, 2.24) is 0 Å². The van der Waals surface area contributed by atoms with Gasteiger partial charge in [-0.15, -0.1) is 0 Å². The van der Waals surface area contributed by atoms with Gasteiger partial charge in [0, 0.05) is 33.6 Å². The molecule has 0 aliphatic heterocycles. The van der Waals surface area contributed by atoms with Gasteiger partial charge in [-0.2, -0.15) is 0 Å². The molecule has 0 aliphatic carbocycles. The number of hydrogen-bond donors (Lipinski definition) is 0. The van der Waals surface area contributed by atoms with Crippen LogP contribution in [-0.2, 0) is 57.3 Å². The van der Waals surface area contributed by atoms with E-state index >= 15 is 0 Å². The minimum atomic E-state index is 0. The third kappa shape index (κ3) is 9.66. The van der Waals surface area contributed by atoms with Crippen LogP contribution in [0.2, 0.25) is 0 Å². The zero-order valence-corrected chi connectivity index (χ0v) is 5.33. The Morgan fingerprint density at radius 1 is 1.25 bits per heavy atom. The van der Waals surface area contributed by atoms with Gasteiger partial charge >= 0.3 is 23.7 Å². The molecular weight excluding hydrogens is 177 g/mol. The molecule has 1 radical (unpaired) electrons. The Labute approximate surface area is 57.0 Å². The molecule has 0 spiro atoms. The first-order chi connectivity index (χ1) is 1.00. The average molecular weight is 177 g/mol. The van der Waals surface area contributed by atoms with Crippen LogP contribution in [0, 0.1) is 0 Å². The summed E-state index contributed by atoms with van der Waals surface area (Å²) < 4.78 is 8.25. The number of hydrogen-bond acceptors (Lipinski definition) is 1. The second-order valence-corrected chi connectivity index (χ2v) is 0. The zero-order chi connectivity index (χ0) is 2.00. The van der Waals surface area contributed by atoms with Gasteiger partial charge in [0.15, 0.2) is 0 Å². The van der Waals surface area contributed by atoms with Crippen molar-refractivity contribution >= 4 is 0 Å². The normalized spacial score (nSPS) is 0.750. The molecule has 1 nitrogen and oxygen atoms in total. The van der Waals surface area contributed by atoms with Crippen molar-refractivity contribution in [2.75, 3.05) is 0 Å². The quantitative estimate of drug-likeness (QED) is 0.472. The Hall–Kier alpha value is 1.53. The van der Waals surface area contributed by atoms with Gasteiger partial charge in [0.1, 0.15) is 0 Å². The summed E-state index contributed by atoms with van der Waals surface area (Å²) in [6.45, 7) is 0. The molecule has 27 valence electrons. The summed E-state index contributed by atoms with van der Waals surface area (Å²) in [6, 6.07) is 0. The molecule has 0 unspecified atom stereocenters. The molecule has 0 heterocycles. The van der Waals surface area contributed by atoms with Crippen LogP contribution in [0.3, 0.4) is 0 Å². The van der Waals surface area contributed by atoms with Crippen LogP contribution in [-0.4, -0.2) is 0 Å². The van der Waals surface area contributed by atoms with E-state index in [1.807, 2.05) is 0 Å². The summed E-state index contributed by atoms with van der Waals surface area (Å²) in [5.41, 5.74) is 0. The summed E-state index contributed by atoms with van der Waals surface area (Å²) in [7, 11) is 0. The van der Waals surface area contributed by atoms with Crippen molar-refractivity contribution in [2.45, 2.75) is 0 Å². The predicted octanol–water partition coefficient (Wildman–Crippen LogP) is -0.126. The van der Waals surface area contributed by atoms with Gasteiger partial charge in [0.25, 0.3) is 0 Å². The van der Waals surface area contributed by atoms with Crippen molar-refractivity contribution in [3.05, 3.63) is 0 Å². The molecule has 0 rings (SSSR count). The van der Waals surface area contributed by atoms with Crippen LogP contribution < -0.4 is 0 Å². The van der Waals surface area contributed by atoms with E-state index in [4.69, 9.17) is 3.32 Å². The van der Waals surface area contributed by atoms with Gasteiger partial charge in [-0.1, -0.05) is 0 Å². The number of rotatable bonds is 0. The second-order valence-electron chi connectivity index (χ2n) is 0. The maximum absolute atomic E-state index is 8.25. The van der Waals surface area contributed by atoms with Gasteiger partial charge in [-0.3, -0.25) is 0 Å². The molecular formula is MnNiOTi. The Morgan fingerprint density at radius 3 is 1.25 bits per heavy atom. The monoisotopic (exact) mass is 177 g/mol. The maximum atomic E-state index is 8.25. The van der Waals surface area contributed by atoms with Crippen LogP contribution in [0.5, 0.6) is 0 Å². The van der Waals surface area contributed by atoms with Crippen LogP contribution in [0.15, 0.2) is 0 Å². The van der Waals surface area contributed by atoms with E-state index < -0.39 is 0 Å². The van der Waals surface area contributed by atoms with Crippen molar-refractivity contribution in [3.63, 3.8) is 0 Å². The molecule has 0 atom stereocenters. The molecule has 0 aromatic rings. The van der Waals surface area contributed by atoms with E-state index in [2.05, 4.69) is 0 Å². The molecule has 0 amide bonds. The van der Waals surface area contributed by atoms with E-state index in [0.29, 0.717) is 0 Å². The molecule has 4 heavy (non-hydrogen) atoms. The second kappa shape index (κ2) is 24.1. The summed E-state index contributed by atoms with van der Waals surface area (Å²) >= 11 is 0.750. The fourth-order valence-electron chi connectivity index (χ4n) is 0. The summed E-state index contributed by atoms with van der Waals surface area (Å²) in [4.78, 5) is 0. The van der Waals surface area contributed by atoms with E-state index in [0.717, 1.165) is 20.4 Å². The van der Waals surface area contributed by atoms with Crippen LogP contribution in [0.4, 0.5) is 0 Å². The van der Waals surface area contributed by atoms with E-state index in [1.165, 1.54) is 0 Å². The molecule has 0 saturated heterocycles. The molecule has 0 bridgehead atoms. The third-order valence-electron chi connectivity index (χ3n) is 0. The van der Waals surface area contributed by atoms with E-state index in [9.17, 15) is 0 Å². The third-order valence-corrected chi connectivity index (χ3v) is 0. The van der Waals surface area contributed by atoms with Gasteiger partial charge in [-0.25, -0.2) is 0 Å². The summed E-state index contributed by atoms with van der Waals surface area (Å²) in [5, 5.41) is 0. The minimum absolute atomic E-state index is 0. The molecule has 0 fully saturated rings. The first-order valence-corrected chi connectivity index (χ1v) is 0.842. The van der Waals surface area contributed by atoms with E-state index in [1.54, 1.807) is 0 Å². The van der Waals surface area contributed by atoms with Crippen molar-refractivity contribution < 1.29 is 57.3 Å². The molecule has 4 heteroatoms. The Balaban J connectivity index is -0.00000000500. The van der Waals surface area contributed by atoms with Crippen molar-refractivity contribution in [1.29, 1.82) is 0 Å². The van der Waals surface area contributed by atoms with Crippen molar-refractivity contribution in [2.24, 2.45) is 0 Å². The SMILES string of the molecule is [Mn].[Ni].[O]=[Ti]. The molecule has 0 N–H and O–H groups in total. The molecule has 0 aromatic carbocycles. The molecule has 0 saturated carbocycles. The van der Waals surface area contributed by atoms with Crippen LogP contribution in [0.25, 0.3) is 0 Å². The summed E-state index contributed by atoms with van der Waals surface area (Å²) in [6.07, 6.45) is 0. The summed E-state index contributed by atoms with van der Waals surface area (Å²) in [5.74, 6) is 0. The Bertz CT molecular complexity index is 8.00. The predicted molar refractivity (Wildman–Crippen MR) is 0.686 cm³/mol. The molecule has 0 aromatic heterocycles. The zero-order valence-electron chi connectivity index (χ0n) is 1.60. The standard InChI is InChI=1S/Mn.Ni.O.Ti. The van der Waals surface area contributed by atoms with Gasteiger partial charge in [-0.05, 0) is 0 Å². The van der Waals surface area contributed by atoms with E-state index in [-0.39, 0.29) is 33.6 Å². The topological polar surface area (TPSA) is 17.1 Å². The van der Waals surface area contributed by atoms with Crippen LogP contribution >= 0.6 is 0 Å². The fraction of sp³-hybridized carbons (Fsp3) is 0. The Kier molecular flexibility index (Phi) is 107. The van der Waals surface area contributed by atoms with Gasteiger partial charge < -0.3 is 0 Å². The first kappa shape index (κ1) is 17.7. The fourth-order valence-corrected chi connectivity index (χ4v) is 0.